The molecule has 1 saturated heterocycles. The molecule has 3 aromatic rings. The van der Waals surface area contributed by atoms with E-state index < -0.39 is 11.0 Å². The SMILES string of the molecule is CC(C(=O)Nc1ccc([N+](=O)[O-])cc1)N1CCCC(c2nc(-c3cccc(F)c3)no2)C1. The molecule has 2 heterocycles. The maximum absolute atomic E-state index is 13.5. The van der Waals surface area contributed by atoms with E-state index in [0.717, 1.165) is 19.4 Å². The zero-order valence-electron chi connectivity index (χ0n) is 17.4. The number of nitrogens with one attached hydrogen (secondary N) is 1. The molecule has 10 heteroatoms. The number of nitro groups is 1. The Morgan fingerprint density at radius 3 is 2.81 bits per heavy atom. The molecule has 32 heavy (non-hydrogen) atoms. The fraction of sp³-hybridized carbons (Fsp3) is 0.318. The molecular weight excluding hydrogens is 417 g/mol. The van der Waals surface area contributed by atoms with Gasteiger partial charge in [0, 0.05) is 29.9 Å². The minimum absolute atomic E-state index is 0.0341. The van der Waals surface area contributed by atoms with Crippen molar-refractivity contribution in [3.63, 3.8) is 0 Å². The standard InChI is InChI=1S/C22H22FN5O4/c1-14(21(29)24-18-7-9-19(10-8-18)28(30)31)27-11-3-5-16(13-27)22-25-20(26-32-22)15-4-2-6-17(23)12-15/h2,4,6-10,12,14,16H,3,5,11,13H2,1H3,(H,24,29). The van der Waals surface area contributed by atoms with Crippen molar-refractivity contribution in [2.75, 3.05) is 18.4 Å². The first-order chi connectivity index (χ1) is 15.4. The third kappa shape index (κ3) is 4.80. The summed E-state index contributed by atoms with van der Waals surface area (Å²) in [5, 5.41) is 17.6. The van der Waals surface area contributed by atoms with Gasteiger partial charge in [0.05, 0.1) is 16.9 Å². The Morgan fingerprint density at radius 2 is 2.09 bits per heavy atom. The molecular formula is C22H22FN5O4. The highest BCUT2D eigenvalue weighted by atomic mass is 19.1. The van der Waals surface area contributed by atoms with Gasteiger partial charge < -0.3 is 9.84 Å². The summed E-state index contributed by atoms with van der Waals surface area (Å²) < 4.78 is 18.9. The summed E-state index contributed by atoms with van der Waals surface area (Å²) in [4.78, 5) is 29.5. The lowest BCUT2D eigenvalue weighted by atomic mass is 9.96. The van der Waals surface area contributed by atoms with E-state index in [2.05, 4.69) is 15.5 Å². The van der Waals surface area contributed by atoms with Crippen molar-refractivity contribution in [1.82, 2.24) is 15.0 Å². The monoisotopic (exact) mass is 439 g/mol. The van der Waals surface area contributed by atoms with E-state index in [1.165, 1.54) is 36.4 Å². The molecule has 9 nitrogen and oxygen atoms in total. The van der Waals surface area contributed by atoms with Gasteiger partial charge in [-0.15, -0.1) is 0 Å². The van der Waals surface area contributed by atoms with E-state index in [1.54, 1.807) is 12.1 Å². The smallest absolute Gasteiger partial charge is 0.269 e. The fourth-order valence-corrected chi connectivity index (χ4v) is 3.78. The number of nitro benzene ring substituents is 1. The normalized spacial score (nSPS) is 17.6. The highest BCUT2D eigenvalue weighted by Gasteiger charge is 2.31. The number of nitrogens with zero attached hydrogens (tertiary/aromatic N) is 4. The Balaban J connectivity index is 1.40. The number of halogens is 1. The molecule has 1 aliphatic rings. The molecule has 2 aromatic carbocycles. The summed E-state index contributed by atoms with van der Waals surface area (Å²) in [7, 11) is 0. The van der Waals surface area contributed by atoms with Crippen LogP contribution in [0.15, 0.2) is 53.1 Å². The number of amides is 1. The summed E-state index contributed by atoms with van der Waals surface area (Å²) in [6.45, 7) is 3.13. The number of anilines is 1. The van der Waals surface area contributed by atoms with Crippen LogP contribution in [0.3, 0.4) is 0 Å². The van der Waals surface area contributed by atoms with Crippen LogP contribution < -0.4 is 5.32 Å². The first-order valence-corrected chi connectivity index (χ1v) is 10.3. The number of likely N-dealkylation sites (tertiary alicyclic amines) is 1. The molecule has 1 amide bonds. The molecule has 1 aliphatic heterocycles. The minimum Gasteiger partial charge on any atom is -0.339 e. The van der Waals surface area contributed by atoms with Crippen LogP contribution in [0.2, 0.25) is 0 Å². The van der Waals surface area contributed by atoms with Crippen molar-refractivity contribution in [3.8, 4) is 11.4 Å². The summed E-state index contributed by atoms with van der Waals surface area (Å²) >= 11 is 0. The van der Waals surface area contributed by atoms with Gasteiger partial charge in [-0.25, -0.2) is 4.39 Å². The van der Waals surface area contributed by atoms with Gasteiger partial charge in [0.15, 0.2) is 0 Å². The number of benzene rings is 2. The predicted molar refractivity (Wildman–Crippen MR) is 114 cm³/mol. The number of carbonyl (C=O) groups excluding carboxylic acids is 1. The van der Waals surface area contributed by atoms with E-state index in [1.807, 2.05) is 11.8 Å². The van der Waals surface area contributed by atoms with E-state index in [9.17, 15) is 19.3 Å². The Bertz CT molecular complexity index is 1120. The molecule has 2 unspecified atom stereocenters. The third-order valence-electron chi connectivity index (χ3n) is 5.60. The number of non-ortho nitro benzene ring substituents is 1. The van der Waals surface area contributed by atoms with Gasteiger partial charge in [-0.3, -0.25) is 19.8 Å². The Kier molecular flexibility index (Phi) is 6.22. The highest BCUT2D eigenvalue weighted by molar-refractivity contribution is 5.94. The number of carbonyl (C=O) groups is 1. The van der Waals surface area contributed by atoms with E-state index in [0.29, 0.717) is 29.5 Å². The van der Waals surface area contributed by atoms with Crippen molar-refractivity contribution < 1.29 is 18.6 Å². The highest BCUT2D eigenvalue weighted by Crippen LogP contribution is 2.29. The second-order valence-electron chi connectivity index (χ2n) is 7.77. The number of hydrogen-bond acceptors (Lipinski definition) is 7. The summed E-state index contributed by atoms with van der Waals surface area (Å²) in [5.41, 5.74) is 1.01. The van der Waals surface area contributed by atoms with Gasteiger partial charge in [0.2, 0.25) is 17.6 Å². The maximum atomic E-state index is 13.5. The molecule has 1 N–H and O–H groups in total. The Hall–Kier alpha value is -3.66. The number of piperidine rings is 1. The number of aromatic nitrogens is 2. The predicted octanol–water partition coefficient (Wildman–Crippen LogP) is 3.99. The van der Waals surface area contributed by atoms with Gasteiger partial charge in [-0.2, -0.15) is 4.98 Å². The first-order valence-electron chi connectivity index (χ1n) is 10.3. The fourth-order valence-electron chi connectivity index (χ4n) is 3.78. The molecule has 0 spiro atoms. The van der Waals surface area contributed by atoms with Crippen molar-refractivity contribution in [2.24, 2.45) is 0 Å². The lowest BCUT2D eigenvalue weighted by Crippen LogP contribution is -2.46. The molecule has 0 aliphatic carbocycles. The molecule has 4 rings (SSSR count). The van der Waals surface area contributed by atoms with E-state index >= 15 is 0 Å². The molecule has 1 fully saturated rings. The second-order valence-corrected chi connectivity index (χ2v) is 7.77. The molecule has 2 atom stereocenters. The van der Waals surface area contributed by atoms with E-state index in [-0.39, 0.29) is 23.3 Å². The third-order valence-corrected chi connectivity index (χ3v) is 5.60. The largest absolute Gasteiger partial charge is 0.339 e. The zero-order valence-corrected chi connectivity index (χ0v) is 17.4. The lowest BCUT2D eigenvalue weighted by molar-refractivity contribution is -0.384. The van der Waals surface area contributed by atoms with Crippen LogP contribution in [0.5, 0.6) is 0 Å². The molecule has 0 bridgehead atoms. The van der Waals surface area contributed by atoms with Crippen LogP contribution in [0.4, 0.5) is 15.8 Å². The molecule has 0 saturated carbocycles. The Morgan fingerprint density at radius 1 is 1.31 bits per heavy atom. The average Bonchev–Trinajstić information content (AvgIpc) is 3.29. The van der Waals surface area contributed by atoms with Crippen LogP contribution in [-0.4, -0.2) is 45.0 Å². The van der Waals surface area contributed by atoms with Gasteiger partial charge in [-0.05, 0) is 50.6 Å². The quantitative estimate of drug-likeness (QED) is 0.456. The van der Waals surface area contributed by atoms with E-state index in [4.69, 9.17) is 4.52 Å². The lowest BCUT2D eigenvalue weighted by Gasteiger charge is -2.34. The second kappa shape index (κ2) is 9.23. The molecule has 1 aromatic heterocycles. The van der Waals surface area contributed by atoms with Gasteiger partial charge in [0.1, 0.15) is 5.82 Å². The van der Waals surface area contributed by atoms with Crippen LogP contribution in [0.25, 0.3) is 11.4 Å². The van der Waals surface area contributed by atoms with Crippen LogP contribution in [0.1, 0.15) is 31.6 Å². The van der Waals surface area contributed by atoms with Crippen LogP contribution >= 0.6 is 0 Å². The van der Waals surface area contributed by atoms with Crippen molar-refractivity contribution in [2.45, 2.75) is 31.7 Å². The molecule has 0 radical (unpaired) electrons. The van der Waals surface area contributed by atoms with Crippen molar-refractivity contribution in [1.29, 1.82) is 0 Å². The Labute approximate surface area is 183 Å². The van der Waals surface area contributed by atoms with Crippen molar-refractivity contribution in [3.05, 3.63) is 70.4 Å². The summed E-state index contributed by atoms with van der Waals surface area (Å²) in [5.74, 6) is 0.196. The first kappa shape index (κ1) is 21.6. The number of rotatable bonds is 6. The summed E-state index contributed by atoms with van der Waals surface area (Å²) in [6, 6.07) is 11.3. The number of hydrogen-bond donors (Lipinski definition) is 1. The maximum Gasteiger partial charge on any atom is 0.269 e. The molecule has 166 valence electrons. The minimum atomic E-state index is -0.487. The van der Waals surface area contributed by atoms with Gasteiger partial charge >= 0.3 is 0 Å². The van der Waals surface area contributed by atoms with Crippen LogP contribution in [0, 0.1) is 15.9 Å². The summed E-state index contributed by atoms with van der Waals surface area (Å²) in [6.07, 6.45) is 1.70. The average molecular weight is 439 g/mol. The van der Waals surface area contributed by atoms with Crippen LogP contribution in [-0.2, 0) is 4.79 Å². The van der Waals surface area contributed by atoms with Crippen molar-refractivity contribution >= 4 is 17.3 Å². The zero-order chi connectivity index (χ0) is 22.7. The topological polar surface area (TPSA) is 114 Å². The van der Waals surface area contributed by atoms with Gasteiger partial charge in [0.25, 0.3) is 5.69 Å². The van der Waals surface area contributed by atoms with Gasteiger partial charge in [-0.1, -0.05) is 17.3 Å².